The van der Waals surface area contributed by atoms with Crippen LogP contribution in [0.25, 0.3) is 0 Å². The molecule has 0 aliphatic rings. The van der Waals surface area contributed by atoms with Gasteiger partial charge in [-0.25, -0.2) is 8.42 Å². The van der Waals surface area contributed by atoms with Gasteiger partial charge in [0, 0.05) is 26.7 Å². The van der Waals surface area contributed by atoms with Crippen molar-refractivity contribution < 1.29 is 26.3 Å². The topological polar surface area (TPSA) is 72.6 Å². The Morgan fingerprint density at radius 1 is 1.24 bits per heavy atom. The second-order valence-electron chi connectivity index (χ2n) is 4.19. The van der Waals surface area contributed by atoms with E-state index in [1.807, 2.05) is 0 Å². The van der Waals surface area contributed by atoms with E-state index in [-0.39, 0.29) is 31.9 Å². The van der Waals surface area contributed by atoms with Crippen molar-refractivity contribution in [2.24, 2.45) is 5.73 Å². The minimum atomic E-state index is -5.42. The van der Waals surface area contributed by atoms with Crippen LogP contribution < -0.4 is 10.6 Å². The summed E-state index contributed by atoms with van der Waals surface area (Å²) in [6, 6.07) is 4.98. The first-order valence-electron chi connectivity index (χ1n) is 6.10. The van der Waals surface area contributed by atoms with E-state index < -0.39 is 20.2 Å². The molecule has 120 valence electrons. The molecule has 0 spiro atoms. The number of alkyl halides is 3. The Kier molecular flexibility index (Phi) is 5.99. The van der Waals surface area contributed by atoms with Gasteiger partial charge in [-0.05, 0) is 12.1 Å². The molecule has 0 aromatic heterocycles. The summed E-state index contributed by atoms with van der Waals surface area (Å²) >= 11 is 0. The number of benzene rings is 1. The highest BCUT2D eigenvalue weighted by molar-refractivity contribution is 7.92. The molecule has 21 heavy (non-hydrogen) atoms. The summed E-state index contributed by atoms with van der Waals surface area (Å²) in [5.74, 6) is 0. The van der Waals surface area contributed by atoms with Gasteiger partial charge in [-0.15, -0.1) is 0 Å². The van der Waals surface area contributed by atoms with Gasteiger partial charge in [0.05, 0.1) is 17.2 Å². The van der Waals surface area contributed by atoms with E-state index in [2.05, 4.69) is 0 Å². The lowest BCUT2D eigenvalue weighted by Crippen LogP contribution is -2.34. The van der Waals surface area contributed by atoms with Crippen LogP contribution >= 0.6 is 0 Å². The molecule has 0 atom stereocenters. The summed E-state index contributed by atoms with van der Waals surface area (Å²) in [7, 11) is -3.98. The lowest BCUT2D eigenvalue weighted by molar-refractivity contribution is -0.0435. The molecule has 0 saturated carbocycles. The number of ether oxygens (including phenoxy) is 1. The summed E-state index contributed by atoms with van der Waals surface area (Å²) in [6.07, 6.45) is 0. The van der Waals surface area contributed by atoms with Crippen molar-refractivity contribution in [2.75, 3.05) is 38.3 Å². The maximum absolute atomic E-state index is 12.7. The predicted molar refractivity (Wildman–Crippen MR) is 72.8 cm³/mol. The van der Waals surface area contributed by atoms with Crippen LogP contribution in [0.3, 0.4) is 0 Å². The Morgan fingerprint density at radius 2 is 1.86 bits per heavy atom. The van der Waals surface area contributed by atoms with Crippen LogP contribution in [-0.2, 0) is 14.6 Å². The fraction of sp³-hybridized carbons (Fsp3) is 0.500. The summed E-state index contributed by atoms with van der Waals surface area (Å²) < 4.78 is 66.4. The van der Waals surface area contributed by atoms with Crippen LogP contribution in [0.1, 0.15) is 0 Å². The van der Waals surface area contributed by atoms with Crippen molar-refractivity contribution in [3.8, 4) is 0 Å². The van der Waals surface area contributed by atoms with Crippen LogP contribution in [0.4, 0.5) is 18.9 Å². The Morgan fingerprint density at radius 3 is 2.38 bits per heavy atom. The number of nitrogens with two attached hydrogens (primary N) is 1. The average Bonchev–Trinajstić information content (AvgIpc) is 2.42. The van der Waals surface area contributed by atoms with Gasteiger partial charge in [-0.3, -0.25) is 0 Å². The quantitative estimate of drug-likeness (QED) is 0.820. The summed E-state index contributed by atoms with van der Waals surface area (Å²) in [5, 5.41) is 0. The molecular weight excluding hydrogens is 309 g/mol. The van der Waals surface area contributed by atoms with Gasteiger partial charge in [0.15, 0.2) is 0 Å². The highest BCUT2D eigenvalue weighted by atomic mass is 32.2. The second kappa shape index (κ2) is 7.10. The number of hydrogen-bond acceptors (Lipinski definition) is 5. The van der Waals surface area contributed by atoms with Gasteiger partial charge in [0.25, 0.3) is 9.84 Å². The molecule has 0 bridgehead atoms. The zero-order valence-corrected chi connectivity index (χ0v) is 12.2. The Labute approximate surface area is 121 Å². The molecule has 1 rings (SSSR count). The van der Waals surface area contributed by atoms with E-state index in [1.54, 1.807) is 0 Å². The van der Waals surface area contributed by atoms with Crippen molar-refractivity contribution >= 4 is 15.5 Å². The van der Waals surface area contributed by atoms with E-state index in [1.165, 1.54) is 30.2 Å². The zero-order valence-electron chi connectivity index (χ0n) is 11.4. The van der Waals surface area contributed by atoms with Gasteiger partial charge in [-0.1, -0.05) is 12.1 Å². The zero-order chi connectivity index (χ0) is 16.1. The lowest BCUT2D eigenvalue weighted by Gasteiger charge is -2.26. The van der Waals surface area contributed by atoms with Crippen molar-refractivity contribution in [3.63, 3.8) is 0 Å². The minimum Gasteiger partial charge on any atom is -0.383 e. The van der Waals surface area contributed by atoms with Crippen molar-refractivity contribution in [2.45, 2.75) is 10.4 Å². The predicted octanol–water partition coefficient (Wildman–Crippen LogP) is 1.39. The fourth-order valence-electron chi connectivity index (χ4n) is 1.78. The summed E-state index contributed by atoms with van der Waals surface area (Å²) in [5.41, 5.74) is 0.0505. The van der Waals surface area contributed by atoms with Gasteiger partial charge in [0.1, 0.15) is 0 Å². The number of anilines is 1. The minimum absolute atomic E-state index is 0.0303. The molecular formula is C12H17F3N2O3S. The molecule has 5 nitrogen and oxygen atoms in total. The van der Waals surface area contributed by atoms with Gasteiger partial charge < -0.3 is 15.4 Å². The Hall–Kier alpha value is -1.32. The molecule has 0 radical (unpaired) electrons. The van der Waals surface area contributed by atoms with Gasteiger partial charge >= 0.3 is 5.51 Å². The van der Waals surface area contributed by atoms with E-state index in [0.717, 1.165) is 6.07 Å². The lowest BCUT2D eigenvalue weighted by atomic mass is 10.3. The van der Waals surface area contributed by atoms with E-state index in [4.69, 9.17) is 10.5 Å². The molecule has 9 heteroatoms. The normalized spacial score (nSPS) is 12.4. The van der Waals surface area contributed by atoms with Crippen LogP contribution in [0, 0.1) is 0 Å². The highest BCUT2D eigenvalue weighted by Gasteiger charge is 2.48. The maximum atomic E-state index is 12.7. The van der Waals surface area contributed by atoms with E-state index in [0.29, 0.717) is 0 Å². The first-order valence-corrected chi connectivity index (χ1v) is 7.58. The molecule has 0 fully saturated rings. The molecule has 1 aromatic rings. The van der Waals surface area contributed by atoms with Crippen molar-refractivity contribution in [1.82, 2.24) is 0 Å². The first-order chi connectivity index (χ1) is 9.75. The number of methoxy groups -OCH3 is 1. The third-order valence-corrected chi connectivity index (χ3v) is 4.30. The SMILES string of the molecule is COCCN(CCN)c1ccccc1S(=O)(=O)C(F)(F)F. The highest BCUT2D eigenvalue weighted by Crippen LogP contribution is 2.35. The maximum Gasteiger partial charge on any atom is 0.501 e. The van der Waals surface area contributed by atoms with Gasteiger partial charge in [-0.2, -0.15) is 13.2 Å². The fourth-order valence-corrected chi connectivity index (χ4v) is 2.76. The summed E-state index contributed by atoms with van der Waals surface area (Å²) in [4.78, 5) is 0.685. The van der Waals surface area contributed by atoms with Crippen LogP contribution in [0.15, 0.2) is 29.2 Å². The van der Waals surface area contributed by atoms with Crippen LogP contribution in [-0.4, -0.2) is 47.3 Å². The van der Waals surface area contributed by atoms with E-state index >= 15 is 0 Å². The smallest absolute Gasteiger partial charge is 0.383 e. The first kappa shape index (κ1) is 17.7. The molecule has 0 amide bonds. The monoisotopic (exact) mass is 326 g/mol. The Bertz CT molecular complexity index is 561. The molecule has 0 unspecified atom stereocenters. The Balaban J connectivity index is 3.31. The van der Waals surface area contributed by atoms with Gasteiger partial charge in [0.2, 0.25) is 0 Å². The standard InChI is InChI=1S/C12H17F3N2O3S/c1-20-9-8-17(7-6-16)10-4-2-3-5-11(10)21(18,19)12(13,14)15/h2-5H,6-9,16H2,1H3. The molecule has 1 aromatic carbocycles. The number of nitrogens with zero attached hydrogens (tertiary/aromatic N) is 1. The molecule has 0 aliphatic heterocycles. The second-order valence-corrected chi connectivity index (χ2v) is 6.10. The third kappa shape index (κ3) is 4.08. The number of hydrogen-bond donors (Lipinski definition) is 1. The number of rotatable bonds is 7. The van der Waals surface area contributed by atoms with E-state index in [9.17, 15) is 21.6 Å². The average molecular weight is 326 g/mol. The number of sulfone groups is 1. The number of para-hydroxylation sites is 1. The molecule has 0 heterocycles. The summed E-state index contributed by atoms with van der Waals surface area (Å²) in [6.45, 7) is 0.857. The number of halogens is 3. The molecule has 0 aliphatic carbocycles. The van der Waals surface area contributed by atoms with Crippen LogP contribution in [0.5, 0.6) is 0 Å². The van der Waals surface area contributed by atoms with Crippen molar-refractivity contribution in [1.29, 1.82) is 0 Å². The van der Waals surface area contributed by atoms with Crippen molar-refractivity contribution in [3.05, 3.63) is 24.3 Å². The van der Waals surface area contributed by atoms with Crippen LogP contribution in [0.2, 0.25) is 0 Å². The molecule has 0 saturated heterocycles. The molecule has 2 N–H and O–H groups in total. The third-order valence-electron chi connectivity index (χ3n) is 2.76. The largest absolute Gasteiger partial charge is 0.501 e.